The topological polar surface area (TPSA) is 63.2 Å². The molecule has 1 heterocycles. The summed E-state index contributed by atoms with van der Waals surface area (Å²) in [5, 5.41) is 0.492. The second-order valence-electron chi connectivity index (χ2n) is 5.93. The van der Waals surface area contributed by atoms with Crippen molar-refractivity contribution in [3.8, 4) is 0 Å². The predicted molar refractivity (Wildman–Crippen MR) is 90.7 cm³/mol. The van der Waals surface area contributed by atoms with E-state index in [1.807, 2.05) is 18.2 Å². The van der Waals surface area contributed by atoms with Crippen LogP contribution in [0.15, 0.2) is 42.9 Å². The third-order valence-electron chi connectivity index (χ3n) is 4.63. The molecule has 0 radical (unpaired) electrons. The van der Waals surface area contributed by atoms with Gasteiger partial charge in [-0.3, -0.25) is 14.6 Å². The molecule has 0 bridgehead atoms. The average molecular weight is 344 g/mol. The van der Waals surface area contributed by atoms with Gasteiger partial charge in [-0.1, -0.05) is 29.8 Å². The van der Waals surface area contributed by atoms with Crippen LogP contribution in [0.2, 0.25) is 5.02 Å². The van der Waals surface area contributed by atoms with Crippen molar-refractivity contribution in [2.45, 2.75) is 31.2 Å². The number of hydrogen-bond acceptors (Lipinski definition) is 4. The predicted octanol–water partition coefficient (Wildman–Crippen LogP) is 3.24. The van der Waals surface area contributed by atoms with Gasteiger partial charge in [-0.25, -0.2) is 4.98 Å². The lowest BCUT2D eigenvalue weighted by Crippen LogP contribution is -2.54. The highest BCUT2D eigenvalue weighted by atomic mass is 35.5. The molecule has 6 heteroatoms. The standard InChI is InChI=1S/C18H18ClN3O2/c1-22(17(24)15-12-20-10-11-21-15)18(9-5-4-8-16(18)23)13-6-2-3-7-14(13)19/h2-3,6-7,10-12H,4-5,8-9H2,1H3/t18-/m1/s1. The molecule has 1 atom stereocenters. The monoisotopic (exact) mass is 343 g/mol. The molecule has 1 aliphatic carbocycles. The minimum absolute atomic E-state index is 0.0154. The summed E-state index contributed by atoms with van der Waals surface area (Å²) in [4.78, 5) is 35.4. The smallest absolute Gasteiger partial charge is 0.274 e. The van der Waals surface area contributed by atoms with Crippen molar-refractivity contribution in [3.05, 3.63) is 59.1 Å². The van der Waals surface area contributed by atoms with Gasteiger partial charge in [-0.2, -0.15) is 0 Å². The Hall–Kier alpha value is -2.27. The Morgan fingerprint density at radius 1 is 1.25 bits per heavy atom. The highest BCUT2D eigenvalue weighted by Gasteiger charge is 2.48. The van der Waals surface area contributed by atoms with Gasteiger partial charge >= 0.3 is 0 Å². The second kappa shape index (κ2) is 6.69. The minimum atomic E-state index is -1.05. The molecule has 0 N–H and O–H groups in total. The fourth-order valence-corrected chi connectivity index (χ4v) is 3.68. The van der Waals surface area contributed by atoms with Crippen LogP contribution < -0.4 is 0 Å². The maximum atomic E-state index is 13.0. The molecule has 1 aliphatic rings. The van der Waals surface area contributed by atoms with Crippen molar-refractivity contribution < 1.29 is 9.59 Å². The summed E-state index contributed by atoms with van der Waals surface area (Å²) in [7, 11) is 1.64. The molecule has 1 fully saturated rings. The lowest BCUT2D eigenvalue weighted by molar-refractivity contribution is -0.132. The first-order valence-corrected chi connectivity index (χ1v) is 8.27. The number of likely N-dealkylation sites (N-methyl/N-ethyl adjacent to an activating group) is 1. The van der Waals surface area contributed by atoms with E-state index in [4.69, 9.17) is 11.6 Å². The molecule has 1 saturated carbocycles. The highest BCUT2D eigenvalue weighted by molar-refractivity contribution is 6.31. The molecule has 3 rings (SSSR count). The van der Waals surface area contributed by atoms with Crippen molar-refractivity contribution >= 4 is 23.3 Å². The summed E-state index contributed by atoms with van der Waals surface area (Å²) in [6.45, 7) is 0. The number of carbonyl (C=O) groups excluding carboxylic acids is 2. The largest absolute Gasteiger partial charge is 0.323 e. The normalized spacial score (nSPS) is 20.7. The number of rotatable bonds is 3. The van der Waals surface area contributed by atoms with Crippen LogP contribution in [0, 0.1) is 0 Å². The molecule has 0 unspecified atom stereocenters. The molecule has 1 aromatic carbocycles. The van der Waals surface area contributed by atoms with E-state index in [-0.39, 0.29) is 17.4 Å². The maximum Gasteiger partial charge on any atom is 0.274 e. The summed E-state index contributed by atoms with van der Waals surface area (Å²) < 4.78 is 0. The number of amides is 1. The Morgan fingerprint density at radius 2 is 2.04 bits per heavy atom. The molecule has 124 valence electrons. The molecule has 1 amide bonds. The lowest BCUT2D eigenvalue weighted by atomic mass is 9.74. The van der Waals surface area contributed by atoms with E-state index in [0.717, 1.165) is 12.8 Å². The summed E-state index contributed by atoms with van der Waals surface area (Å²) in [5.74, 6) is -0.320. The molecule has 0 saturated heterocycles. The zero-order valence-electron chi connectivity index (χ0n) is 13.4. The number of Topliss-reactive ketones (excluding diaryl/α,β-unsaturated/α-hetero) is 1. The van der Waals surface area contributed by atoms with Gasteiger partial charge in [0.05, 0.1) is 6.20 Å². The van der Waals surface area contributed by atoms with Crippen molar-refractivity contribution in [3.63, 3.8) is 0 Å². The SMILES string of the molecule is CN(C(=O)c1cnccn1)[C@@]1(c2ccccc2Cl)CCCCC1=O. The van der Waals surface area contributed by atoms with Crippen LogP contribution >= 0.6 is 11.6 Å². The van der Waals surface area contributed by atoms with Crippen molar-refractivity contribution in [1.29, 1.82) is 0 Å². The zero-order valence-corrected chi connectivity index (χ0v) is 14.2. The van der Waals surface area contributed by atoms with Crippen molar-refractivity contribution in [1.82, 2.24) is 14.9 Å². The average Bonchev–Trinajstić information content (AvgIpc) is 2.62. The number of hydrogen-bond donors (Lipinski definition) is 0. The summed E-state index contributed by atoms with van der Waals surface area (Å²) in [6, 6.07) is 7.23. The van der Waals surface area contributed by atoms with E-state index < -0.39 is 5.54 Å². The van der Waals surface area contributed by atoms with Crippen LogP contribution in [0.4, 0.5) is 0 Å². The van der Waals surface area contributed by atoms with Crippen LogP contribution in [0.25, 0.3) is 0 Å². The van der Waals surface area contributed by atoms with Crippen molar-refractivity contribution in [2.24, 2.45) is 0 Å². The number of ketones is 1. The third kappa shape index (κ3) is 2.69. The first-order chi connectivity index (χ1) is 11.6. The highest BCUT2D eigenvalue weighted by Crippen LogP contribution is 2.42. The van der Waals surface area contributed by atoms with Gasteiger partial charge in [0.2, 0.25) is 0 Å². The first-order valence-electron chi connectivity index (χ1n) is 7.90. The van der Waals surface area contributed by atoms with Crippen LogP contribution in [-0.2, 0) is 10.3 Å². The Bertz CT molecular complexity index is 766. The zero-order chi connectivity index (χ0) is 17.2. The fourth-order valence-electron chi connectivity index (χ4n) is 3.38. The van der Waals surface area contributed by atoms with Gasteiger partial charge in [0.15, 0.2) is 5.78 Å². The van der Waals surface area contributed by atoms with E-state index in [0.29, 0.717) is 23.4 Å². The first kappa shape index (κ1) is 16.6. The van der Waals surface area contributed by atoms with Gasteiger partial charge in [0.1, 0.15) is 11.2 Å². The quantitative estimate of drug-likeness (QED) is 0.858. The third-order valence-corrected chi connectivity index (χ3v) is 4.96. The van der Waals surface area contributed by atoms with Crippen LogP contribution in [0.5, 0.6) is 0 Å². The molecule has 5 nitrogen and oxygen atoms in total. The van der Waals surface area contributed by atoms with E-state index in [9.17, 15) is 9.59 Å². The lowest BCUT2D eigenvalue weighted by Gasteiger charge is -2.43. The molecule has 0 spiro atoms. The molecule has 24 heavy (non-hydrogen) atoms. The Kier molecular flexibility index (Phi) is 4.62. The fraction of sp³-hybridized carbons (Fsp3) is 0.333. The number of aromatic nitrogens is 2. The van der Waals surface area contributed by atoms with Gasteiger partial charge in [-0.05, 0) is 25.3 Å². The summed E-state index contributed by atoms with van der Waals surface area (Å²) in [5.41, 5.74) is -0.161. The number of nitrogens with zero attached hydrogens (tertiary/aromatic N) is 3. The summed E-state index contributed by atoms with van der Waals surface area (Å²) in [6.07, 6.45) is 7.05. The van der Waals surface area contributed by atoms with Crippen LogP contribution in [-0.4, -0.2) is 33.6 Å². The van der Waals surface area contributed by atoms with Gasteiger partial charge < -0.3 is 4.90 Å². The molecule has 2 aromatic rings. The minimum Gasteiger partial charge on any atom is -0.323 e. The van der Waals surface area contributed by atoms with E-state index in [2.05, 4.69) is 9.97 Å². The number of halogens is 1. The Labute approximate surface area is 145 Å². The maximum absolute atomic E-state index is 13.0. The Morgan fingerprint density at radius 3 is 2.71 bits per heavy atom. The molecular weight excluding hydrogens is 326 g/mol. The second-order valence-corrected chi connectivity index (χ2v) is 6.33. The van der Waals surface area contributed by atoms with Gasteiger partial charge in [0, 0.05) is 36.4 Å². The van der Waals surface area contributed by atoms with E-state index in [1.54, 1.807) is 13.1 Å². The van der Waals surface area contributed by atoms with Crippen molar-refractivity contribution in [2.75, 3.05) is 7.05 Å². The molecular formula is C18H18ClN3O2. The van der Waals surface area contributed by atoms with E-state index in [1.165, 1.54) is 23.5 Å². The number of carbonyl (C=O) groups is 2. The number of benzene rings is 1. The summed E-state index contributed by atoms with van der Waals surface area (Å²) >= 11 is 6.39. The van der Waals surface area contributed by atoms with E-state index >= 15 is 0 Å². The molecule has 0 aliphatic heterocycles. The van der Waals surface area contributed by atoms with Gasteiger partial charge in [-0.15, -0.1) is 0 Å². The Balaban J connectivity index is 2.10. The van der Waals surface area contributed by atoms with Gasteiger partial charge in [0.25, 0.3) is 5.91 Å². The van der Waals surface area contributed by atoms with Crippen LogP contribution in [0.3, 0.4) is 0 Å². The van der Waals surface area contributed by atoms with Crippen LogP contribution in [0.1, 0.15) is 41.7 Å². The molecule has 1 aromatic heterocycles.